The smallest absolute Gasteiger partial charge is 0.387 e. The molecule has 8 heteroatoms. The third kappa shape index (κ3) is 4.37. The van der Waals surface area contributed by atoms with Crippen molar-refractivity contribution in [2.24, 2.45) is 0 Å². The summed E-state index contributed by atoms with van der Waals surface area (Å²) in [5.74, 6) is -0.597. The van der Waals surface area contributed by atoms with E-state index in [4.69, 9.17) is 11.6 Å². The number of hydrogen-bond donors (Lipinski definition) is 1. The van der Waals surface area contributed by atoms with Crippen LogP contribution in [0.2, 0.25) is 5.02 Å². The van der Waals surface area contributed by atoms with Gasteiger partial charge in [0.2, 0.25) is 0 Å². The van der Waals surface area contributed by atoms with E-state index in [0.29, 0.717) is 11.6 Å². The summed E-state index contributed by atoms with van der Waals surface area (Å²) in [5, 5.41) is 7.28. The van der Waals surface area contributed by atoms with Gasteiger partial charge in [-0.15, -0.1) is 0 Å². The van der Waals surface area contributed by atoms with Crippen molar-refractivity contribution in [3.05, 3.63) is 77.1 Å². The fraction of sp³-hybridized carbons (Fsp3) is 0.111. The van der Waals surface area contributed by atoms with Crippen molar-refractivity contribution in [3.8, 4) is 5.75 Å². The highest BCUT2D eigenvalue weighted by molar-refractivity contribution is 6.31. The molecule has 0 atom stereocenters. The molecule has 0 saturated heterocycles. The average molecular weight is 378 g/mol. The van der Waals surface area contributed by atoms with Crippen LogP contribution in [-0.2, 0) is 6.54 Å². The maximum atomic E-state index is 12.4. The van der Waals surface area contributed by atoms with Gasteiger partial charge in [0.05, 0.1) is 24.0 Å². The molecule has 1 aromatic heterocycles. The highest BCUT2D eigenvalue weighted by atomic mass is 35.5. The molecule has 3 aromatic rings. The Balaban J connectivity index is 1.72. The lowest BCUT2D eigenvalue weighted by molar-refractivity contribution is -0.0493. The first-order valence-electron chi connectivity index (χ1n) is 7.64. The van der Waals surface area contributed by atoms with E-state index in [2.05, 4.69) is 15.2 Å². The van der Waals surface area contributed by atoms with Crippen LogP contribution in [0, 0.1) is 0 Å². The second-order valence-electron chi connectivity index (χ2n) is 5.35. The summed E-state index contributed by atoms with van der Waals surface area (Å²) in [6.07, 6.45) is 2.94. The third-order valence-electron chi connectivity index (χ3n) is 3.54. The summed E-state index contributed by atoms with van der Waals surface area (Å²) >= 11 is 6.11. The Hall–Kier alpha value is -2.93. The molecule has 0 bridgehead atoms. The molecule has 5 nitrogen and oxygen atoms in total. The van der Waals surface area contributed by atoms with Crippen molar-refractivity contribution < 1.29 is 18.3 Å². The van der Waals surface area contributed by atoms with Gasteiger partial charge in [0.25, 0.3) is 5.91 Å². The van der Waals surface area contributed by atoms with Crippen LogP contribution in [0.15, 0.2) is 60.9 Å². The first-order valence-corrected chi connectivity index (χ1v) is 8.02. The van der Waals surface area contributed by atoms with Gasteiger partial charge in [0.15, 0.2) is 0 Å². The van der Waals surface area contributed by atoms with E-state index in [1.807, 2.05) is 18.2 Å². The Bertz CT molecular complexity index is 915. The minimum atomic E-state index is -2.98. The zero-order chi connectivity index (χ0) is 18.5. The number of alkyl halides is 2. The number of nitrogens with zero attached hydrogens (tertiary/aromatic N) is 2. The molecule has 1 N–H and O–H groups in total. The van der Waals surface area contributed by atoms with Gasteiger partial charge < -0.3 is 10.1 Å². The monoisotopic (exact) mass is 377 g/mol. The quantitative estimate of drug-likeness (QED) is 0.691. The van der Waals surface area contributed by atoms with E-state index >= 15 is 0 Å². The largest absolute Gasteiger partial charge is 0.433 e. The number of anilines is 1. The summed E-state index contributed by atoms with van der Waals surface area (Å²) in [5.41, 5.74) is 1.29. The van der Waals surface area contributed by atoms with Gasteiger partial charge in [-0.05, 0) is 23.8 Å². The fourth-order valence-electron chi connectivity index (χ4n) is 2.33. The van der Waals surface area contributed by atoms with Gasteiger partial charge in [-0.25, -0.2) is 0 Å². The predicted molar refractivity (Wildman–Crippen MR) is 93.8 cm³/mol. The molecule has 0 radical (unpaired) electrons. The fourth-order valence-corrected chi connectivity index (χ4v) is 2.53. The van der Waals surface area contributed by atoms with Gasteiger partial charge in [-0.1, -0.05) is 41.9 Å². The molecule has 2 aromatic carbocycles. The Kier molecular flexibility index (Phi) is 5.48. The minimum Gasteiger partial charge on any atom is -0.433 e. The second kappa shape index (κ2) is 7.97. The van der Waals surface area contributed by atoms with Crippen LogP contribution < -0.4 is 10.1 Å². The number of amides is 1. The maximum Gasteiger partial charge on any atom is 0.387 e. The molecule has 1 amide bonds. The third-order valence-corrected chi connectivity index (χ3v) is 3.91. The number of hydrogen-bond acceptors (Lipinski definition) is 3. The summed E-state index contributed by atoms with van der Waals surface area (Å²) in [7, 11) is 0. The van der Waals surface area contributed by atoms with E-state index in [1.54, 1.807) is 23.0 Å². The highest BCUT2D eigenvalue weighted by Crippen LogP contribution is 2.26. The zero-order valence-electron chi connectivity index (χ0n) is 13.4. The van der Waals surface area contributed by atoms with Crippen molar-refractivity contribution in [2.45, 2.75) is 13.2 Å². The Morgan fingerprint density at radius 2 is 1.92 bits per heavy atom. The average Bonchev–Trinajstić information content (AvgIpc) is 3.07. The van der Waals surface area contributed by atoms with Gasteiger partial charge in [0.1, 0.15) is 5.75 Å². The van der Waals surface area contributed by atoms with E-state index in [1.165, 1.54) is 24.4 Å². The number of benzene rings is 2. The molecule has 0 fully saturated rings. The number of nitrogens with one attached hydrogen (secondary N) is 1. The molecule has 0 saturated carbocycles. The SMILES string of the molecule is O=C(Nc1ccccc1OC(F)F)c1cnn(Cc2ccccc2Cl)c1. The second-order valence-corrected chi connectivity index (χ2v) is 5.75. The molecule has 0 unspecified atom stereocenters. The molecular weight excluding hydrogens is 364 g/mol. The van der Waals surface area contributed by atoms with Crippen LogP contribution in [0.1, 0.15) is 15.9 Å². The summed E-state index contributed by atoms with van der Waals surface area (Å²) < 4.78 is 30.9. The lowest BCUT2D eigenvalue weighted by atomic mass is 10.2. The summed E-state index contributed by atoms with van der Waals surface area (Å²) in [6.45, 7) is -2.58. The molecule has 1 heterocycles. The van der Waals surface area contributed by atoms with Crippen molar-refractivity contribution >= 4 is 23.2 Å². The number of aromatic nitrogens is 2. The van der Waals surface area contributed by atoms with Gasteiger partial charge >= 0.3 is 6.61 Å². The number of carbonyl (C=O) groups is 1. The lowest BCUT2D eigenvalue weighted by Gasteiger charge is -2.10. The molecule has 134 valence electrons. The predicted octanol–water partition coefficient (Wildman–Crippen LogP) is 4.44. The molecule has 3 rings (SSSR count). The minimum absolute atomic E-state index is 0.112. The Morgan fingerprint density at radius 3 is 2.69 bits per heavy atom. The lowest BCUT2D eigenvalue weighted by Crippen LogP contribution is -2.13. The summed E-state index contributed by atoms with van der Waals surface area (Å²) in [4.78, 5) is 12.4. The van der Waals surface area contributed by atoms with Crippen molar-refractivity contribution in [1.29, 1.82) is 0 Å². The molecule has 26 heavy (non-hydrogen) atoms. The maximum absolute atomic E-state index is 12.4. The van der Waals surface area contributed by atoms with Crippen LogP contribution in [0.25, 0.3) is 0 Å². The molecule has 0 spiro atoms. The first kappa shape index (κ1) is 17.9. The topological polar surface area (TPSA) is 56.1 Å². The van der Waals surface area contributed by atoms with E-state index in [0.717, 1.165) is 5.56 Å². The molecule has 0 aliphatic rings. The normalized spacial score (nSPS) is 10.8. The van der Waals surface area contributed by atoms with Crippen molar-refractivity contribution in [1.82, 2.24) is 9.78 Å². The van der Waals surface area contributed by atoms with Crippen LogP contribution in [0.4, 0.5) is 14.5 Å². The highest BCUT2D eigenvalue weighted by Gasteiger charge is 2.14. The molecule has 0 aliphatic heterocycles. The van der Waals surface area contributed by atoms with Gasteiger partial charge in [-0.3, -0.25) is 9.48 Å². The zero-order valence-corrected chi connectivity index (χ0v) is 14.2. The summed E-state index contributed by atoms with van der Waals surface area (Å²) in [6, 6.07) is 13.3. The standard InChI is InChI=1S/C18H14ClF2N3O2/c19-14-6-2-1-5-12(14)10-24-11-13(9-22-24)17(25)23-15-7-3-4-8-16(15)26-18(20)21/h1-9,11,18H,10H2,(H,23,25). The van der Waals surface area contributed by atoms with Crippen LogP contribution in [0.5, 0.6) is 5.75 Å². The number of halogens is 3. The van der Waals surface area contributed by atoms with Crippen LogP contribution in [-0.4, -0.2) is 22.3 Å². The first-order chi connectivity index (χ1) is 12.5. The van der Waals surface area contributed by atoms with Gasteiger partial charge in [0, 0.05) is 11.2 Å². The number of para-hydroxylation sites is 2. The van der Waals surface area contributed by atoms with E-state index in [9.17, 15) is 13.6 Å². The molecular formula is C18H14ClF2N3O2. The van der Waals surface area contributed by atoms with E-state index in [-0.39, 0.29) is 17.0 Å². The van der Waals surface area contributed by atoms with E-state index < -0.39 is 12.5 Å². The van der Waals surface area contributed by atoms with Crippen molar-refractivity contribution in [3.63, 3.8) is 0 Å². The molecule has 0 aliphatic carbocycles. The number of ether oxygens (including phenoxy) is 1. The number of carbonyl (C=O) groups excluding carboxylic acids is 1. The van der Waals surface area contributed by atoms with Gasteiger partial charge in [-0.2, -0.15) is 13.9 Å². The van der Waals surface area contributed by atoms with Crippen LogP contribution in [0.3, 0.4) is 0 Å². The number of rotatable bonds is 6. The Labute approximate surface area is 153 Å². The van der Waals surface area contributed by atoms with Crippen LogP contribution >= 0.6 is 11.6 Å². The van der Waals surface area contributed by atoms with Crippen molar-refractivity contribution in [2.75, 3.05) is 5.32 Å². The Morgan fingerprint density at radius 1 is 1.19 bits per heavy atom.